The second-order valence-electron chi connectivity index (χ2n) is 6.14. The van der Waals surface area contributed by atoms with E-state index in [2.05, 4.69) is 59.3 Å². The summed E-state index contributed by atoms with van der Waals surface area (Å²) in [6, 6.07) is 4.90. The third kappa shape index (κ3) is 4.03. The zero-order valence-electron chi connectivity index (χ0n) is 12.2. The zero-order valence-corrected chi connectivity index (χ0v) is 13.8. The number of rotatable bonds is 4. The van der Waals surface area contributed by atoms with Crippen LogP contribution in [0.4, 0.5) is 0 Å². The maximum absolute atomic E-state index is 4.54. The molecule has 1 N–H and O–H groups in total. The van der Waals surface area contributed by atoms with Gasteiger partial charge < -0.3 is 5.32 Å². The minimum absolute atomic E-state index is 0.653. The smallest absolute Gasteiger partial charge is 0.0413 e. The molecule has 1 fully saturated rings. The van der Waals surface area contributed by atoms with Gasteiger partial charge in [-0.15, -0.1) is 0 Å². The van der Waals surface area contributed by atoms with Crippen LogP contribution in [0.15, 0.2) is 22.8 Å². The van der Waals surface area contributed by atoms with Crippen LogP contribution in [-0.4, -0.2) is 18.1 Å². The molecule has 3 heteroatoms. The molecule has 1 aliphatic rings. The van der Waals surface area contributed by atoms with Gasteiger partial charge in [0.15, 0.2) is 0 Å². The first-order valence-corrected chi connectivity index (χ1v) is 8.17. The average Bonchev–Trinajstić information content (AvgIpc) is 2.41. The van der Waals surface area contributed by atoms with Gasteiger partial charge in [-0.05, 0) is 78.5 Å². The van der Waals surface area contributed by atoms with Crippen LogP contribution in [0, 0.1) is 17.8 Å². The Bertz CT molecular complexity index is 388. The fourth-order valence-corrected chi connectivity index (χ4v) is 3.54. The molecule has 0 bridgehead atoms. The van der Waals surface area contributed by atoms with Crippen LogP contribution in [0.25, 0.3) is 0 Å². The highest BCUT2D eigenvalue weighted by molar-refractivity contribution is 9.10. The van der Waals surface area contributed by atoms with Crippen molar-refractivity contribution in [2.24, 2.45) is 17.8 Å². The summed E-state index contributed by atoms with van der Waals surface area (Å²) in [6.45, 7) is 4.72. The lowest BCUT2D eigenvalue weighted by Gasteiger charge is -2.37. The first-order chi connectivity index (χ1) is 9.10. The van der Waals surface area contributed by atoms with Gasteiger partial charge in [0.2, 0.25) is 0 Å². The fourth-order valence-electron chi connectivity index (χ4n) is 3.31. The number of aromatic nitrogens is 1. The van der Waals surface area contributed by atoms with E-state index in [4.69, 9.17) is 0 Å². The van der Waals surface area contributed by atoms with Crippen LogP contribution < -0.4 is 5.32 Å². The molecule has 19 heavy (non-hydrogen) atoms. The van der Waals surface area contributed by atoms with Gasteiger partial charge in [-0.25, -0.2) is 0 Å². The Morgan fingerprint density at radius 1 is 1.37 bits per heavy atom. The van der Waals surface area contributed by atoms with E-state index in [0.717, 1.165) is 28.6 Å². The topological polar surface area (TPSA) is 24.9 Å². The van der Waals surface area contributed by atoms with Crippen molar-refractivity contribution >= 4 is 15.9 Å². The Kier molecular flexibility index (Phi) is 5.40. The van der Waals surface area contributed by atoms with Crippen LogP contribution in [0.2, 0.25) is 0 Å². The predicted octanol–water partition coefficient (Wildman–Crippen LogP) is 4.05. The van der Waals surface area contributed by atoms with Gasteiger partial charge in [0.25, 0.3) is 0 Å². The lowest BCUT2D eigenvalue weighted by molar-refractivity contribution is 0.172. The Morgan fingerprint density at radius 3 is 2.74 bits per heavy atom. The highest BCUT2D eigenvalue weighted by Crippen LogP contribution is 2.35. The van der Waals surface area contributed by atoms with Crippen molar-refractivity contribution in [3.63, 3.8) is 0 Å². The minimum Gasteiger partial charge on any atom is -0.317 e. The molecule has 106 valence electrons. The summed E-state index contributed by atoms with van der Waals surface area (Å²) in [5, 5.41) is 3.51. The van der Waals surface area contributed by atoms with Gasteiger partial charge in [0.1, 0.15) is 0 Å². The molecular weight excluding hydrogens is 300 g/mol. The number of hydrogen-bond donors (Lipinski definition) is 1. The van der Waals surface area contributed by atoms with Crippen molar-refractivity contribution in [2.45, 2.75) is 45.6 Å². The van der Waals surface area contributed by atoms with Crippen molar-refractivity contribution in [3.8, 4) is 0 Å². The molecule has 0 aromatic carbocycles. The van der Waals surface area contributed by atoms with E-state index in [0.29, 0.717) is 6.04 Å². The summed E-state index contributed by atoms with van der Waals surface area (Å²) in [7, 11) is 2.10. The monoisotopic (exact) mass is 324 g/mol. The van der Waals surface area contributed by atoms with Gasteiger partial charge in [0, 0.05) is 22.4 Å². The number of nitrogens with one attached hydrogen (secondary N) is 1. The van der Waals surface area contributed by atoms with E-state index < -0.39 is 0 Å². The Balaban J connectivity index is 2.03. The lowest BCUT2D eigenvalue weighted by atomic mass is 9.72. The van der Waals surface area contributed by atoms with Crippen LogP contribution in [0.3, 0.4) is 0 Å². The molecule has 3 atom stereocenters. The number of pyridine rings is 1. The first kappa shape index (κ1) is 15.0. The van der Waals surface area contributed by atoms with Crippen LogP contribution in [-0.2, 0) is 6.42 Å². The van der Waals surface area contributed by atoms with Crippen molar-refractivity contribution in [3.05, 3.63) is 28.5 Å². The molecule has 0 spiro atoms. The Hall–Kier alpha value is -0.410. The Labute approximate surface area is 125 Å². The SMILES string of the molecule is CNC1CCC(C(C)C)CC1Cc1ccc(Br)cn1. The summed E-state index contributed by atoms with van der Waals surface area (Å²) in [5.74, 6) is 2.41. The lowest BCUT2D eigenvalue weighted by Crippen LogP contribution is -2.40. The average molecular weight is 325 g/mol. The summed E-state index contributed by atoms with van der Waals surface area (Å²) < 4.78 is 1.06. The molecular formula is C16H25BrN2. The van der Waals surface area contributed by atoms with E-state index in [9.17, 15) is 0 Å². The summed E-state index contributed by atoms with van der Waals surface area (Å²) in [5.41, 5.74) is 1.22. The normalized spacial score (nSPS) is 27.7. The molecule has 1 heterocycles. The van der Waals surface area contributed by atoms with Crippen LogP contribution in [0.5, 0.6) is 0 Å². The first-order valence-electron chi connectivity index (χ1n) is 7.37. The molecule has 3 unspecified atom stereocenters. The van der Waals surface area contributed by atoms with Gasteiger partial charge in [-0.2, -0.15) is 0 Å². The fraction of sp³-hybridized carbons (Fsp3) is 0.688. The highest BCUT2D eigenvalue weighted by atomic mass is 79.9. The maximum Gasteiger partial charge on any atom is 0.0413 e. The molecule has 1 aliphatic carbocycles. The van der Waals surface area contributed by atoms with E-state index in [1.807, 2.05) is 6.20 Å². The molecule has 1 saturated carbocycles. The summed E-state index contributed by atoms with van der Waals surface area (Å²) >= 11 is 3.45. The van der Waals surface area contributed by atoms with Crippen LogP contribution >= 0.6 is 15.9 Å². The van der Waals surface area contributed by atoms with E-state index in [1.165, 1.54) is 25.0 Å². The highest BCUT2D eigenvalue weighted by Gasteiger charge is 2.31. The molecule has 2 nitrogen and oxygen atoms in total. The quantitative estimate of drug-likeness (QED) is 0.903. The maximum atomic E-state index is 4.54. The van der Waals surface area contributed by atoms with Crippen molar-refractivity contribution in [1.82, 2.24) is 10.3 Å². The van der Waals surface area contributed by atoms with Crippen molar-refractivity contribution in [2.75, 3.05) is 7.05 Å². The minimum atomic E-state index is 0.653. The van der Waals surface area contributed by atoms with Crippen molar-refractivity contribution < 1.29 is 0 Å². The number of hydrogen-bond acceptors (Lipinski definition) is 2. The van der Waals surface area contributed by atoms with Gasteiger partial charge >= 0.3 is 0 Å². The molecule has 1 aromatic rings. The molecule has 2 rings (SSSR count). The second kappa shape index (κ2) is 6.85. The third-order valence-corrected chi connectivity index (χ3v) is 5.07. The molecule has 1 aromatic heterocycles. The molecule has 0 aliphatic heterocycles. The number of halogens is 1. The van der Waals surface area contributed by atoms with E-state index in [1.54, 1.807) is 0 Å². The zero-order chi connectivity index (χ0) is 13.8. The standard InChI is InChI=1S/C16H25BrN2/c1-11(2)12-4-7-16(18-3)13(8-12)9-15-6-5-14(17)10-19-15/h5-6,10-13,16,18H,4,7-9H2,1-3H3. The van der Waals surface area contributed by atoms with Gasteiger partial charge in [-0.3, -0.25) is 4.98 Å². The largest absolute Gasteiger partial charge is 0.317 e. The molecule has 0 saturated heterocycles. The van der Waals surface area contributed by atoms with Gasteiger partial charge in [0.05, 0.1) is 0 Å². The number of nitrogens with zero attached hydrogens (tertiary/aromatic N) is 1. The Morgan fingerprint density at radius 2 is 2.16 bits per heavy atom. The van der Waals surface area contributed by atoms with Crippen LogP contribution in [0.1, 0.15) is 38.8 Å². The van der Waals surface area contributed by atoms with E-state index >= 15 is 0 Å². The molecule has 0 amide bonds. The van der Waals surface area contributed by atoms with E-state index in [-0.39, 0.29) is 0 Å². The molecule has 0 radical (unpaired) electrons. The third-order valence-electron chi connectivity index (χ3n) is 4.60. The second-order valence-corrected chi connectivity index (χ2v) is 7.06. The van der Waals surface area contributed by atoms with Gasteiger partial charge in [-0.1, -0.05) is 13.8 Å². The van der Waals surface area contributed by atoms with Crippen molar-refractivity contribution in [1.29, 1.82) is 0 Å². The predicted molar refractivity (Wildman–Crippen MR) is 84.2 cm³/mol. The summed E-state index contributed by atoms with van der Waals surface area (Å²) in [4.78, 5) is 4.54. The summed E-state index contributed by atoms with van der Waals surface area (Å²) in [6.07, 6.45) is 7.02.